The number of hydrogen-bond donors (Lipinski definition) is 2. The number of nitrogens with two attached hydrogens (primary N) is 1. The van der Waals surface area contributed by atoms with Crippen LogP contribution in [-0.2, 0) is 11.3 Å². The van der Waals surface area contributed by atoms with Gasteiger partial charge in [-0.1, -0.05) is 11.2 Å². The second-order valence-corrected chi connectivity index (χ2v) is 4.42. The molecule has 6 heteroatoms. The molecule has 0 amide bonds. The molecule has 0 radical (unpaired) electrons. The molecule has 0 atom stereocenters. The lowest BCUT2D eigenvalue weighted by Crippen LogP contribution is -2.11. The van der Waals surface area contributed by atoms with Crippen molar-refractivity contribution in [1.29, 1.82) is 0 Å². The summed E-state index contributed by atoms with van der Waals surface area (Å²) in [6.07, 6.45) is 0. The summed E-state index contributed by atoms with van der Waals surface area (Å²) in [5.74, 6) is 0.308. The summed E-state index contributed by atoms with van der Waals surface area (Å²) in [6.45, 7) is 4.18. The Morgan fingerprint density at radius 3 is 2.80 bits per heavy atom. The third-order valence-electron chi connectivity index (χ3n) is 3.13. The van der Waals surface area contributed by atoms with Crippen LogP contribution in [-0.4, -0.2) is 18.2 Å². The normalized spacial score (nSPS) is 10.3. The van der Waals surface area contributed by atoms with E-state index in [0.717, 1.165) is 17.0 Å². The highest BCUT2D eigenvalue weighted by molar-refractivity contribution is 5.98. The van der Waals surface area contributed by atoms with Gasteiger partial charge in [0.05, 0.1) is 29.7 Å². The molecule has 0 aliphatic rings. The van der Waals surface area contributed by atoms with Gasteiger partial charge in [0, 0.05) is 12.1 Å². The number of para-hydroxylation sites is 1. The molecule has 20 heavy (non-hydrogen) atoms. The number of nitrogen functional groups attached to an aromatic ring is 1. The van der Waals surface area contributed by atoms with Crippen molar-refractivity contribution < 1.29 is 14.1 Å². The van der Waals surface area contributed by atoms with Gasteiger partial charge in [-0.2, -0.15) is 0 Å². The van der Waals surface area contributed by atoms with Crippen molar-refractivity contribution in [3.63, 3.8) is 0 Å². The summed E-state index contributed by atoms with van der Waals surface area (Å²) in [5, 5.41) is 7.04. The molecule has 2 aromatic rings. The summed E-state index contributed by atoms with van der Waals surface area (Å²) in [5.41, 5.74) is 9.12. The van der Waals surface area contributed by atoms with Crippen LogP contribution in [0.3, 0.4) is 0 Å². The fraction of sp³-hybridized carbons (Fsp3) is 0.286. The lowest BCUT2D eigenvalue weighted by Gasteiger charge is -2.13. The number of nitrogens with zero attached hydrogens (tertiary/aromatic N) is 1. The van der Waals surface area contributed by atoms with E-state index in [1.807, 2.05) is 13.8 Å². The molecular formula is C14H17N3O3. The molecule has 2 rings (SSSR count). The zero-order valence-electron chi connectivity index (χ0n) is 11.7. The van der Waals surface area contributed by atoms with E-state index in [4.69, 9.17) is 15.0 Å². The van der Waals surface area contributed by atoms with Crippen LogP contribution in [0.2, 0.25) is 0 Å². The van der Waals surface area contributed by atoms with Gasteiger partial charge in [-0.25, -0.2) is 4.79 Å². The van der Waals surface area contributed by atoms with E-state index in [1.165, 1.54) is 7.11 Å². The Morgan fingerprint density at radius 1 is 1.45 bits per heavy atom. The van der Waals surface area contributed by atoms with Crippen LogP contribution < -0.4 is 11.1 Å². The Hall–Kier alpha value is -2.50. The minimum Gasteiger partial charge on any atom is -0.465 e. The van der Waals surface area contributed by atoms with Gasteiger partial charge in [0.2, 0.25) is 0 Å². The standard InChI is InChI=1S/C14H17N3O3/c1-8-11(9(2)20-17-8)7-16-13-10(14(18)19-3)5-4-6-12(13)15/h4-6,16H,7,15H2,1-3H3. The lowest BCUT2D eigenvalue weighted by atomic mass is 10.1. The van der Waals surface area contributed by atoms with E-state index in [1.54, 1.807) is 18.2 Å². The molecule has 6 nitrogen and oxygen atoms in total. The number of methoxy groups -OCH3 is 1. The van der Waals surface area contributed by atoms with Crippen LogP contribution >= 0.6 is 0 Å². The first-order valence-electron chi connectivity index (χ1n) is 6.17. The molecule has 106 valence electrons. The largest absolute Gasteiger partial charge is 0.465 e. The minimum atomic E-state index is -0.432. The van der Waals surface area contributed by atoms with E-state index in [0.29, 0.717) is 23.5 Å². The molecule has 0 saturated heterocycles. The Kier molecular flexibility index (Phi) is 3.93. The Morgan fingerprint density at radius 2 is 2.20 bits per heavy atom. The highest BCUT2D eigenvalue weighted by Crippen LogP contribution is 2.25. The quantitative estimate of drug-likeness (QED) is 0.657. The van der Waals surface area contributed by atoms with E-state index in [2.05, 4.69) is 10.5 Å². The fourth-order valence-corrected chi connectivity index (χ4v) is 1.98. The van der Waals surface area contributed by atoms with Crippen molar-refractivity contribution in [1.82, 2.24) is 5.16 Å². The zero-order valence-corrected chi connectivity index (χ0v) is 11.7. The van der Waals surface area contributed by atoms with Gasteiger partial charge in [-0.15, -0.1) is 0 Å². The predicted octanol–water partition coefficient (Wildman–Crippen LogP) is 2.27. The van der Waals surface area contributed by atoms with Crippen LogP contribution in [0.5, 0.6) is 0 Å². The summed E-state index contributed by atoms with van der Waals surface area (Å²) in [6, 6.07) is 5.10. The number of carbonyl (C=O) groups is 1. The molecule has 1 heterocycles. The van der Waals surface area contributed by atoms with Gasteiger partial charge < -0.3 is 20.3 Å². The number of ether oxygens (including phenoxy) is 1. The Bertz CT molecular complexity index is 615. The van der Waals surface area contributed by atoms with Crippen LogP contribution in [0.25, 0.3) is 0 Å². The van der Waals surface area contributed by atoms with Crippen molar-refractivity contribution in [3.05, 3.63) is 40.8 Å². The monoisotopic (exact) mass is 275 g/mol. The highest BCUT2D eigenvalue weighted by Gasteiger charge is 2.15. The number of esters is 1. The van der Waals surface area contributed by atoms with Crippen molar-refractivity contribution in [2.45, 2.75) is 20.4 Å². The first kappa shape index (κ1) is 13.9. The first-order valence-corrected chi connectivity index (χ1v) is 6.17. The van der Waals surface area contributed by atoms with Crippen molar-refractivity contribution in [2.75, 3.05) is 18.2 Å². The number of anilines is 2. The third kappa shape index (κ3) is 2.59. The molecule has 0 aliphatic carbocycles. The zero-order chi connectivity index (χ0) is 14.7. The molecule has 0 fully saturated rings. The average molecular weight is 275 g/mol. The number of nitrogens with one attached hydrogen (secondary N) is 1. The third-order valence-corrected chi connectivity index (χ3v) is 3.13. The molecule has 0 saturated carbocycles. The second kappa shape index (κ2) is 5.64. The molecule has 3 N–H and O–H groups in total. The molecule has 0 aliphatic heterocycles. The van der Waals surface area contributed by atoms with Crippen molar-refractivity contribution >= 4 is 17.3 Å². The SMILES string of the molecule is COC(=O)c1cccc(N)c1NCc1c(C)noc1C. The van der Waals surface area contributed by atoms with Gasteiger partial charge in [-0.05, 0) is 26.0 Å². The molecule has 1 aromatic heterocycles. The number of rotatable bonds is 4. The van der Waals surface area contributed by atoms with Crippen LogP contribution in [0.15, 0.2) is 22.7 Å². The first-order chi connectivity index (χ1) is 9.54. The summed E-state index contributed by atoms with van der Waals surface area (Å²) in [4.78, 5) is 11.7. The average Bonchev–Trinajstić information content (AvgIpc) is 2.76. The van der Waals surface area contributed by atoms with Crippen LogP contribution in [0, 0.1) is 13.8 Å². The van der Waals surface area contributed by atoms with E-state index < -0.39 is 5.97 Å². The van der Waals surface area contributed by atoms with Gasteiger partial charge in [0.1, 0.15) is 5.76 Å². The lowest BCUT2D eigenvalue weighted by molar-refractivity contribution is 0.0602. The Labute approximate surface area is 116 Å². The van der Waals surface area contributed by atoms with Gasteiger partial charge in [-0.3, -0.25) is 0 Å². The van der Waals surface area contributed by atoms with Gasteiger partial charge >= 0.3 is 5.97 Å². The number of aromatic nitrogens is 1. The van der Waals surface area contributed by atoms with Crippen LogP contribution in [0.4, 0.5) is 11.4 Å². The number of hydrogen-bond acceptors (Lipinski definition) is 6. The maximum absolute atomic E-state index is 11.7. The molecule has 1 aromatic carbocycles. The molecule has 0 bridgehead atoms. The predicted molar refractivity (Wildman–Crippen MR) is 75.5 cm³/mol. The maximum Gasteiger partial charge on any atom is 0.340 e. The summed E-state index contributed by atoms with van der Waals surface area (Å²) >= 11 is 0. The summed E-state index contributed by atoms with van der Waals surface area (Å²) < 4.78 is 9.85. The van der Waals surface area contributed by atoms with Gasteiger partial charge in [0.25, 0.3) is 0 Å². The maximum atomic E-state index is 11.7. The smallest absolute Gasteiger partial charge is 0.340 e. The Balaban J connectivity index is 2.27. The van der Waals surface area contributed by atoms with E-state index in [-0.39, 0.29) is 0 Å². The fourth-order valence-electron chi connectivity index (χ4n) is 1.98. The number of benzene rings is 1. The van der Waals surface area contributed by atoms with E-state index >= 15 is 0 Å². The van der Waals surface area contributed by atoms with Crippen LogP contribution in [0.1, 0.15) is 27.4 Å². The number of aryl methyl sites for hydroxylation is 2. The van der Waals surface area contributed by atoms with Crippen molar-refractivity contribution in [2.24, 2.45) is 0 Å². The molecule has 0 spiro atoms. The highest BCUT2D eigenvalue weighted by atomic mass is 16.5. The summed E-state index contributed by atoms with van der Waals surface area (Å²) in [7, 11) is 1.34. The molecule has 0 unspecified atom stereocenters. The van der Waals surface area contributed by atoms with Crippen molar-refractivity contribution in [3.8, 4) is 0 Å². The van der Waals surface area contributed by atoms with Gasteiger partial charge in [0.15, 0.2) is 0 Å². The minimum absolute atomic E-state index is 0.402. The van der Waals surface area contributed by atoms with E-state index in [9.17, 15) is 4.79 Å². The molecular weight excluding hydrogens is 258 g/mol. The number of carbonyl (C=O) groups excluding carboxylic acids is 1. The second-order valence-electron chi connectivity index (χ2n) is 4.42. The topological polar surface area (TPSA) is 90.4 Å².